The van der Waals surface area contributed by atoms with Gasteiger partial charge in [0, 0.05) is 74.8 Å². The molecule has 4 aromatic carbocycles. The van der Waals surface area contributed by atoms with Gasteiger partial charge in [0.05, 0.1) is 5.69 Å². The van der Waals surface area contributed by atoms with Crippen molar-refractivity contribution in [1.82, 2.24) is 14.2 Å². The summed E-state index contributed by atoms with van der Waals surface area (Å²) in [4.78, 5) is 4.22. The van der Waals surface area contributed by atoms with Crippen molar-refractivity contribution in [2.24, 2.45) is 0 Å². The van der Waals surface area contributed by atoms with Gasteiger partial charge in [-0.25, -0.2) is 9.58 Å². The van der Waals surface area contributed by atoms with Crippen molar-refractivity contribution < 1.29 is 30.5 Å². The van der Waals surface area contributed by atoms with Crippen molar-refractivity contribution in [3.63, 3.8) is 0 Å². The third-order valence-electron chi connectivity index (χ3n) is 7.43. The minimum atomic E-state index is 0. The van der Waals surface area contributed by atoms with E-state index in [4.69, 9.17) is 9.47 Å². The predicted molar refractivity (Wildman–Crippen MR) is 154 cm³/mol. The Kier molecular flexibility index (Phi) is 6.42. The van der Waals surface area contributed by atoms with E-state index >= 15 is 0 Å². The van der Waals surface area contributed by atoms with E-state index in [2.05, 4.69) is 99.2 Å². The summed E-state index contributed by atoms with van der Waals surface area (Å²) in [6.45, 7) is 9.13. The van der Waals surface area contributed by atoms with Crippen LogP contribution >= 0.6 is 0 Å². The van der Waals surface area contributed by atoms with Gasteiger partial charge in [-0.2, -0.15) is 16.7 Å². The average molecular weight is 706 g/mol. The quantitative estimate of drug-likeness (QED) is 0.101. The van der Waals surface area contributed by atoms with Crippen LogP contribution in [-0.2, 0) is 26.5 Å². The van der Waals surface area contributed by atoms with Crippen molar-refractivity contribution in [3.8, 4) is 23.1 Å². The molecule has 0 spiro atoms. The molecule has 1 fully saturated rings. The number of fused-ring (bicyclic) bond motifs is 4. The number of benzene rings is 4. The van der Waals surface area contributed by atoms with Gasteiger partial charge in [-0.05, 0) is 17.0 Å². The van der Waals surface area contributed by atoms with Crippen molar-refractivity contribution in [2.75, 3.05) is 0 Å². The number of nitrogens with zero attached hydrogens (tertiary/aromatic N) is 3. The number of hydrogen-bond donors (Lipinski definition) is 0. The predicted octanol–water partition coefficient (Wildman–Crippen LogP) is 8.90. The monoisotopic (exact) mass is 705 g/mol. The zero-order chi connectivity index (χ0) is 26.7. The molecule has 202 valence electrons. The molecule has 5 nitrogen and oxygen atoms in total. The SMILES string of the molecule is CC(C)(C)c1cccc([N@+]23[CH-][N+]2(c2[c-]c(Oc4[c-]c(Oc5ccccn5)ccc4)ccc2)c2ccccc23)c1.[Pt]. The molecule has 3 heterocycles. The summed E-state index contributed by atoms with van der Waals surface area (Å²) >= 11 is 0. The molecular formula is C34H28N3O2Pt-. The molecular weight excluding hydrogens is 677 g/mol. The number of rotatable bonds is 6. The third kappa shape index (κ3) is 4.08. The van der Waals surface area contributed by atoms with Crippen LogP contribution in [0.4, 0.5) is 22.7 Å². The van der Waals surface area contributed by atoms with Gasteiger partial charge in [0.2, 0.25) is 17.3 Å². The van der Waals surface area contributed by atoms with Gasteiger partial charge in [0.1, 0.15) is 0 Å². The Balaban J connectivity index is 0.00000289. The molecule has 5 aromatic rings. The summed E-state index contributed by atoms with van der Waals surface area (Å²) in [5.41, 5.74) is 6.19. The molecule has 2 aliphatic rings. The summed E-state index contributed by atoms with van der Waals surface area (Å²) in [6, 6.07) is 41.5. The molecule has 2 aliphatic heterocycles. The number of para-hydroxylation sites is 2. The second kappa shape index (κ2) is 9.71. The van der Waals surface area contributed by atoms with E-state index in [0.29, 0.717) is 32.3 Å². The number of hydrogen-bond acceptors (Lipinski definition) is 3. The van der Waals surface area contributed by atoms with Crippen LogP contribution in [0.25, 0.3) is 0 Å². The minimum absolute atomic E-state index is 0. The minimum Gasteiger partial charge on any atom is -0.509 e. The first-order valence-corrected chi connectivity index (χ1v) is 13.1. The van der Waals surface area contributed by atoms with Crippen LogP contribution in [0, 0.1) is 18.8 Å². The van der Waals surface area contributed by atoms with Crippen LogP contribution in [-0.4, -0.2) is 4.98 Å². The van der Waals surface area contributed by atoms with Gasteiger partial charge in [-0.1, -0.05) is 63.2 Å². The maximum absolute atomic E-state index is 6.23. The van der Waals surface area contributed by atoms with E-state index < -0.39 is 0 Å². The third-order valence-corrected chi connectivity index (χ3v) is 7.43. The van der Waals surface area contributed by atoms with Gasteiger partial charge >= 0.3 is 0 Å². The second-order valence-electron chi connectivity index (χ2n) is 10.9. The smallest absolute Gasteiger partial charge is 0.225 e. The molecule has 7 rings (SSSR count). The maximum atomic E-state index is 6.23. The van der Waals surface area contributed by atoms with Crippen LogP contribution in [0.15, 0.2) is 109 Å². The second-order valence-corrected chi connectivity index (χ2v) is 10.9. The molecule has 0 N–H and O–H groups in total. The fourth-order valence-electron chi connectivity index (χ4n) is 5.49. The summed E-state index contributed by atoms with van der Waals surface area (Å²) in [7, 11) is 0. The van der Waals surface area contributed by atoms with Crippen molar-refractivity contribution in [1.29, 1.82) is 0 Å². The molecule has 40 heavy (non-hydrogen) atoms. The van der Waals surface area contributed by atoms with Crippen molar-refractivity contribution >= 4 is 22.7 Å². The first kappa shape index (κ1) is 26.5. The number of pyridine rings is 1. The van der Waals surface area contributed by atoms with E-state index in [9.17, 15) is 0 Å². The summed E-state index contributed by atoms with van der Waals surface area (Å²) < 4.78 is 13.3. The van der Waals surface area contributed by atoms with Crippen LogP contribution in [0.5, 0.6) is 23.1 Å². The average Bonchev–Trinajstić information content (AvgIpc) is 3.57. The Morgan fingerprint density at radius 3 is 2.05 bits per heavy atom. The van der Waals surface area contributed by atoms with Gasteiger partial charge in [-0.15, -0.1) is 24.3 Å². The van der Waals surface area contributed by atoms with E-state index in [-0.39, 0.29) is 26.5 Å². The van der Waals surface area contributed by atoms with Crippen LogP contribution in [0.2, 0.25) is 0 Å². The van der Waals surface area contributed by atoms with Crippen molar-refractivity contribution in [2.45, 2.75) is 26.2 Å². The zero-order valence-corrected chi connectivity index (χ0v) is 24.7. The fourth-order valence-corrected chi connectivity index (χ4v) is 5.49. The van der Waals surface area contributed by atoms with E-state index in [1.165, 1.54) is 22.6 Å². The first-order valence-electron chi connectivity index (χ1n) is 13.1. The van der Waals surface area contributed by atoms with Crippen LogP contribution < -0.4 is 18.7 Å². The van der Waals surface area contributed by atoms with E-state index in [0.717, 1.165) is 5.69 Å². The molecule has 0 radical (unpaired) electrons. The van der Waals surface area contributed by atoms with Crippen LogP contribution in [0.1, 0.15) is 26.3 Å². The molecule has 6 heteroatoms. The Morgan fingerprint density at radius 1 is 0.675 bits per heavy atom. The van der Waals surface area contributed by atoms with E-state index in [1.54, 1.807) is 12.3 Å². The van der Waals surface area contributed by atoms with E-state index in [1.807, 2.05) is 42.5 Å². The Bertz CT molecular complexity index is 1700. The molecule has 1 aromatic heterocycles. The van der Waals surface area contributed by atoms with Gasteiger partial charge in [0.15, 0.2) is 12.4 Å². The molecule has 0 aliphatic carbocycles. The molecule has 2 atom stereocenters. The summed E-state index contributed by atoms with van der Waals surface area (Å²) in [5, 5.41) is 0. The number of quaternary nitrogens is 2. The van der Waals surface area contributed by atoms with Gasteiger partial charge < -0.3 is 9.47 Å². The molecule has 0 saturated carbocycles. The molecule has 1 saturated heterocycles. The Labute approximate surface area is 249 Å². The molecule has 0 amide bonds. The molecule has 1 unspecified atom stereocenters. The normalized spacial score (nSPS) is 20.3. The largest absolute Gasteiger partial charge is 0.509 e. The summed E-state index contributed by atoms with van der Waals surface area (Å²) in [6.07, 6.45) is 1.69. The number of aromatic nitrogens is 1. The maximum Gasteiger partial charge on any atom is 0.225 e. The summed E-state index contributed by atoms with van der Waals surface area (Å²) in [5.74, 6) is 2.22. The first-order chi connectivity index (χ1) is 18.9. The molecule has 0 bridgehead atoms. The Morgan fingerprint density at radius 2 is 1.32 bits per heavy atom. The fraction of sp³-hybridized carbons (Fsp3) is 0.118. The Hall–Kier alpha value is -3.76. The number of ether oxygens (including phenoxy) is 2. The zero-order valence-electron chi connectivity index (χ0n) is 22.4. The topological polar surface area (TPSA) is 31.4 Å². The van der Waals surface area contributed by atoms with Crippen molar-refractivity contribution in [3.05, 3.63) is 134 Å². The van der Waals surface area contributed by atoms with Crippen LogP contribution in [0.3, 0.4) is 0 Å². The standard InChI is InChI=1S/C34H28N3O2.Pt/c1-34(2,3)25-11-8-12-26(21-25)36-24-37(36,32-18-5-4-17-31(32)36)27-13-9-14-28(22-27)38-29-15-10-16-30(23-29)39-33-19-6-7-20-35-33;/h4-21,24H,1-3H3;/q-1;/t36-,37?;/m0./s1. The van der Waals surface area contributed by atoms with Gasteiger partial charge in [-0.3, -0.25) is 0 Å². The van der Waals surface area contributed by atoms with Gasteiger partial charge in [0.25, 0.3) is 0 Å².